The summed E-state index contributed by atoms with van der Waals surface area (Å²) in [5, 5.41) is 0.532. The van der Waals surface area contributed by atoms with Crippen molar-refractivity contribution in [3.05, 3.63) is 48.5 Å². The zero-order valence-corrected chi connectivity index (χ0v) is 12.6. The number of halogens is 2. The molecule has 0 spiro atoms. The van der Waals surface area contributed by atoms with E-state index in [4.69, 9.17) is 4.74 Å². The number of pyridine rings is 1. The van der Waals surface area contributed by atoms with Crippen molar-refractivity contribution in [3.63, 3.8) is 0 Å². The number of para-hydroxylation sites is 1. The highest BCUT2D eigenvalue weighted by Gasteiger charge is 2.26. The SMILES string of the molecule is COc1ccncc1N(c1nc(C)nc2ccccc12)C(F)F. The fourth-order valence-corrected chi connectivity index (χ4v) is 2.40. The van der Waals surface area contributed by atoms with E-state index in [1.165, 1.54) is 25.6 Å². The van der Waals surface area contributed by atoms with Crippen LogP contribution in [0.25, 0.3) is 10.9 Å². The lowest BCUT2D eigenvalue weighted by Crippen LogP contribution is -2.25. The predicted molar refractivity (Wildman–Crippen MR) is 83.2 cm³/mol. The maximum atomic E-state index is 13.8. The second-order valence-corrected chi connectivity index (χ2v) is 4.81. The maximum Gasteiger partial charge on any atom is 0.320 e. The van der Waals surface area contributed by atoms with E-state index in [9.17, 15) is 8.78 Å². The molecule has 7 heteroatoms. The molecule has 0 aliphatic carbocycles. The molecule has 3 rings (SSSR count). The quantitative estimate of drug-likeness (QED) is 0.687. The van der Waals surface area contributed by atoms with Crippen LogP contribution in [-0.4, -0.2) is 28.6 Å². The van der Waals surface area contributed by atoms with Crippen molar-refractivity contribution in [1.82, 2.24) is 15.0 Å². The number of ether oxygens (including phenoxy) is 1. The number of hydrogen-bond donors (Lipinski definition) is 0. The van der Waals surface area contributed by atoms with E-state index >= 15 is 0 Å². The molecule has 2 heterocycles. The van der Waals surface area contributed by atoms with E-state index in [0.29, 0.717) is 22.5 Å². The topological polar surface area (TPSA) is 51.1 Å². The first-order valence-electron chi connectivity index (χ1n) is 6.90. The van der Waals surface area contributed by atoms with Gasteiger partial charge in [0.05, 0.1) is 18.8 Å². The molecular formula is C16H14F2N4O. The Kier molecular flexibility index (Phi) is 4.01. The molecule has 2 aromatic heterocycles. The van der Waals surface area contributed by atoms with Crippen molar-refractivity contribution in [2.75, 3.05) is 12.0 Å². The lowest BCUT2D eigenvalue weighted by atomic mass is 10.2. The summed E-state index contributed by atoms with van der Waals surface area (Å²) >= 11 is 0. The van der Waals surface area contributed by atoms with Crippen LogP contribution in [0.3, 0.4) is 0 Å². The first-order chi connectivity index (χ1) is 11.1. The third-order valence-electron chi connectivity index (χ3n) is 3.36. The molecule has 5 nitrogen and oxygen atoms in total. The van der Waals surface area contributed by atoms with E-state index in [1.807, 2.05) is 0 Å². The first-order valence-corrected chi connectivity index (χ1v) is 6.90. The Labute approximate surface area is 131 Å². The Hall–Kier alpha value is -2.83. The average molecular weight is 316 g/mol. The molecule has 118 valence electrons. The fraction of sp³-hybridized carbons (Fsp3) is 0.188. The van der Waals surface area contributed by atoms with Crippen LogP contribution in [0.1, 0.15) is 5.82 Å². The third-order valence-corrected chi connectivity index (χ3v) is 3.36. The Bertz CT molecular complexity index is 841. The van der Waals surface area contributed by atoms with Gasteiger partial charge in [0.25, 0.3) is 0 Å². The lowest BCUT2D eigenvalue weighted by molar-refractivity contribution is 0.154. The first kappa shape index (κ1) is 15.1. The van der Waals surface area contributed by atoms with Crippen LogP contribution in [0, 0.1) is 6.92 Å². The number of nitrogens with zero attached hydrogens (tertiary/aromatic N) is 4. The molecule has 0 N–H and O–H groups in total. The molecule has 0 aliphatic heterocycles. The highest BCUT2D eigenvalue weighted by Crippen LogP contribution is 2.37. The van der Waals surface area contributed by atoms with Crippen LogP contribution in [0.4, 0.5) is 20.3 Å². The number of alkyl halides is 2. The van der Waals surface area contributed by atoms with Crippen molar-refractivity contribution in [2.24, 2.45) is 0 Å². The van der Waals surface area contributed by atoms with Crippen molar-refractivity contribution >= 4 is 22.4 Å². The summed E-state index contributed by atoms with van der Waals surface area (Å²) in [6, 6.07) is 8.56. The second-order valence-electron chi connectivity index (χ2n) is 4.81. The average Bonchev–Trinajstić information content (AvgIpc) is 2.55. The highest BCUT2D eigenvalue weighted by atomic mass is 19.3. The van der Waals surface area contributed by atoms with E-state index in [1.54, 1.807) is 31.2 Å². The molecule has 0 aliphatic rings. The molecule has 3 aromatic rings. The van der Waals surface area contributed by atoms with Gasteiger partial charge in [-0.25, -0.2) is 9.97 Å². The molecule has 0 saturated heterocycles. The number of benzene rings is 1. The molecule has 0 amide bonds. The number of fused-ring (bicyclic) bond motifs is 1. The van der Waals surface area contributed by atoms with Gasteiger partial charge in [-0.05, 0) is 19.1 Å². The molecule has 0 fully saturated rings. The standard InChI is InChI=1S/C16H14F2N4O/c1-10-20-12-6-4-3-5-11(12)15(21-10)22(16(17)18)13-9-19-8-7-14(13)23-2/h3-9,16H,1-2H3. The number of anilines is 2. The van der Waals surface area contributed by atoms with Gasteiger partial charge in [0, 0.05) is 17.6 Å². The zero-order chi connectivity index (χ0) is 16.4. The molecule has 0 atom stereocenters. The fourth-order valence-electron chi connectivity index (χ4n) is 2.40. The van der Waals surface area contributed by atoms with Gasteiger partial charge in [0.1, 0.15) is 23.1 Å². The van der Waals surface area contributed by atoms with E-state index in [-0.39, 0.29) is 11.5 Å². The summed E-state index contributed by atoms with van der Waals surface area (Å²) in [5.74, 6) is 0.822. The summed E-state index contributed by atoms with van der Waals surface area (Å²) < 4.78 is 32.8. The van der Waals surface area contributed by atoms with Crippen LogP contribution >= 0.6 is 0 Å². The zero-order valence-electron chi connectivity index (χ0n) is 12.6. The normalized spacial score (nSPS) is 11.0. The number of aromatic nitrogens is 3. The van der Waals surface area contributed by atoms with Gasteiger partial charge in [0.15, 0.2) is 0 Å². The van der Waals surface area contributed by atoms with Gasteiger partial charge in [-0.1, -0.05) is 12.1 Å². The number of hydrogen-bond acceptors (Lipinski definition) is 5. The Morgan fingerprint density at radius 2 is 1.91 bits per heavy atom. The van der Waals surface area contributed by atoms with Gasteiger partial charge in [-0.2, -0.15) is 8.78 Å². The van der Waals surface area contributed by atoms with Crippen LogP contribution in [0.2, 0.25) is 0 Å². The van der Waals surface area contributed by atoms with Crippen LogP contribution in [-0.2, 0) is 0 Å². The van der Waals surface area contributed by atoms with E-state index in [2.05, 4.69) is 15.0 Å². The molecule has 0 unspecified atom stereocenters. The smallest absolute Gasteiger partial charge is 0.320 e. The summed E-state index contributed by atoms with van der Waals surface area (Å²) in [7, 11) is 1.42. The van der Waals surface area contributed by atoms with Crippen molar-refractivity contribution in [1.29, 1.82) is 0 Å². The van der Waals surface area contributed by atoms with Crippen molar-refractivity contribution < 1.29 is 13.5 Å². The summed E-state index contributed by atoms with van der Waals surface area (Å²) in [5.41, 5.74) is 0.747. The number of methoxy groups -OCH3 is 1. The summed E-state index contributed by atoms with van der Waals surface area (Å²) in [6.07, 6.45) is 2.81. The number of rotatable bonds is 4. The molecular weight excluding hydrogens is 302 g/mol. The second kappa shape index (κ2) is 6.12. The van der Waals surface area contributed by atoms with Gasteiger partial charge >= 0.3 is 6.55 Å². The molecule has 1 aromatic carbocycles. The van der Waals surface area contributed by atoms with Gasteiger partial charge in [-0.15, -0.1) is 0 Å². The molecule has 0 bridgehead atoms. The minimum absolute atomic E-state index is 0.120. The molecule has 0 radical (unpaired) electrons. The van der Waals surface area contributed by atoms with Crippen LogP contribution in [0.5, 0.6) is 5.75 Å². The minimum Gasteiger partial charge on any atom is -0.494 e. The highest BCUT2D eigenvalue weighted by molar-refractivity contribution is 5.92. The maximum absolute atomic E-state index is 13.8. The molecule has 23 heavy (non-hydrogen) atoms. The van der Waals surface area contributed by atoms with Crippen molar-refractivity contribution in [2.45, 2.75) is 13.5 Å². The summed E-state index contributed by atoms with van der Waals surface area (Å²) in [4.78, 5) is 13.2. The van der Waals surface area contributed by atoms with Gasteiger partial charge < -0.3 is 4.74 Å². The monoisotopic (exact) mass is 316 g/mol. The van der Waals surface area contributed by atoms with Gasteiger partial charge in [0.2, 0.25) is 0 Å². The minimum atomic E-state index is -2.81. The Morgan fingerprint density at radius 1 is 1.13 bits per heavy atom. The predicted octanol–water partition coefficient (Wildman–Crippen LogP) is 3.70. The van der Waals surface area contributed by atoms with E-state index < -0.39 is 6.55 Å². The Balaban J connectivity index is 2.28. The summed E-state index contributed by atoms with van der Waals surface area (Å²) in [6.45, 7) is -1.15. The van der Waals surface area contributed by atoms with Gasteiger partial charge in [-0.3, -0.25) is 9.88 Å². The lowest BCUT2D eigenvalue weighted by Gasteiger charge is -2.25. The van der Waals surface area contributed by atoms with Crippen LogP contribution < -0.4 is 9.64 Å². The third kappa shape index (κ3) is 2.77. The Morgan fingerprint density at radius 3 is 2.65 bits per heavy atom. The van der Waals surface area contributed by atoms with Crippen LogP contribution in [0.15, 0.2) is 42.7 Å². The number of aryl methyl sites for hydroxylation is 1. The van der Waals surface area contributed by atoms with E-state index in [0.717, 1.165) is 4.90 Å². The molecule has 0 saturated carbocycles. The van der Waals surface area contributed by atoms with Crippen molar-refractivity contribution in [3.8, 4) is 5.75 Å². The largest absolute Gasteiger partial charge is 0.494 e.